The zero-order valence-electron chi connectivity index (χ0n) is 7.34. The Morgan fingerprint density at radius 1 is 1.14 bits per heavy atom. The zero-order valence-corrected chi connectivity index (χ0v) is 8.24. The number of carbonyl (C=O) groups excluding carboxylic acids is 3. The van der Waals surface area contributed by atoms with Crippen molar-refractivity contribution in [2.75, 3.05) is 0 Å². The average Bonchev–Trinajstić information content (AvgIpc) is 2.00. The second-order valence-corrected chi connectivity index (χ2v) is 3.05. The molecule has 0 bridgehead atoms. The molecule has 0 aromatic rings. The summed E-state index contributed by atoms with van der Waals surface area (Å²) in [5.41, 5.74) is -3.03. The molecular weight excluding hydrogens is 216 g/mol. The van der Waals surface area contributed by atoms with E-state index in [2.05, 4.69) is 4.18 Å². The van der Waals surface area contributed by atoms with E-state index in [1.807, 2.05) is 0 Å². The SMILES string of the molecule is CC(=O)C(O)(C(C)=O)C(=O)O[SH](=O)=O. The molecule has 0 atom stereocenters. The van der Waals surface area contributed by atoms with Gasteiger partial charge in [-0.05, 0) is 13.8 Å². The minimum atomic E-state index is -3.57. The number of rotatable bonds is 4. The molecule has 0 radical (unpaired) electrons. The van der Waals surface area contributed by atoms with Gasteiger partial charge in [-0.25, -0.2) is 4.79 Å². The highest BCUT2D eigenvalue weighted by Gasteiger charge is 2.48. The Kier molecular flexibility index (Phi) is 3.90. The van der Waals surface area contributed by atoms with Crippen molar-refractivity contribution in [3.8, 4) is 0 Å². The van der Waals surface area contributed by atoms with Gasteiger partial charge in [0.2, 0.25) is 0 Å². The van der Waals surface area contributed by atoms with Gasteiger partial charge in [0.25, 0.3) is 5.60 Å². The zero-order chi connectivity index (χ0) is 11.5. The van der Waals surface area contributed by atoms with E-state index in [9.17, 15) is 27.9 Å². The van der Waals surface area contributed by atoms with E-state index >= 15 is 0 Å². The number of hydrogen-bond acceptors (Lipinski definition) is 7. The molecule has 0 aliphatic carbocycles. The topological polar surface area (TPSA) is 115 Å². The number of Topliss-reactive ketones (excluding diaryl/α,β-unsaturated/α-hetero) is 2. The van der Waals surface area contributed by atoms with E-state index in [-0.39, 0.29) is 0 Å². The van der Waals surface area contributed by atoms with Gasteiger partial charge in [0, 0.05) is 0 Å². The fourth-order valence-electron chi connectivity index (χ4n) is 0.669. The molecule has 0 unspecified atom stereocenters. The number of carbonyl (C=O) groups is 3. The molecule has 1 N–H and O–H groups in total. The minimum Gasteiger partial charge on any atom is -0.366 e. The summed E-state index contributed by atoms with van der Waals surface area (Å²) < 4.78 is 23.5. The van der Waals surface area contributed by atoms with E-state index in [0.717, 1.165) is 13.8 Å². The highest BCUT2D eigenvalue weighted by atomic mass is 32.2. The Balaban J connectivity index is 5.13. The van der Waals surface area contributed by atoms with Gasteiger partial charge in [0.1, 0.15) is 0 Å². The molecule has 0 spiro atoms. The highest BCUT2D eigenvalue weighted by Crippen LogP contribution is 2.10. The molecule has 0 aromatic carbocycles. The van der Waals surface area contributed by atoms with E-state index in [0.29, 0.717) is 0 Å². The first-order valence-corrected chi connectivity index (χ1v) is 4.43. The molecule has 0 aliphatic rings. The van der Waals surface area contributed by atoms with Gasteiger partial charge in [-0.15, -0.1) is 0 Å². The van der Waals surface area contributed by atoms with Crippen molar-refractivity contribution in [2.24, 2.45) is 0 Å². The summed E-state index contributed by atoms with van der Waals surface area (Å²) in [5.74, 6) is -4.22. The van der Waals surface area contributed by atoms with Crippen LogP contribution in [0.15, 0.2) is 0 Å². The Bertz CT molecular complexity index is 331. The normalized spacial score (nSPS) is 11.1. The second kappa shape index (κ2) is 4.29. The Labute approximate surface area is 80.8 Å². The molecule has 14 heavy (non-hydrogen) atoms. The van der Waals surface area contributed by atoms with Gasteiger partial charge >= 0.3 is 17.0 Å². The van der Waals surface area contributed by atoms with Crippen molar-refractivity contribution in [3.05, 3.63) is 0 Å². The van der Waals surface area contributed by atoms with Crippen molar-refractivity contribution in [1.29, 1.82) is 0 Å². The van der Waals surface area contributed by atoms with Crippen LogP contribution in [0.5, 0.6) is 0 Å². The minimum absolute atomic E-state index is 0.764. The quantitative estimate of drug-likeness (QED) is 0.417. The van der Waals surface area contributed by atoms with Crippen LogP contribution in [0.4, 0.5) is 0 Å². The maximum absolute atomic E-state index is 10.9. The van der Waals surface area contributed by atoms with Crippen LogP contribution in [0.2, 0.25) is 0 Å². The summed E-state index contributed by atoms with van der Waals surface area (Å²) in [6.45, 7) is 1.53. The predicted molar refractivity (Wildman–Crippen MR) is 42.7 cm³/mol. The Morgan fingerprint density at radius 3 is 1.71 bits per heavy atom. The smallest absolute Gasteiger partial charge is 0.366 e. The molecule has 0 saturated carbocycles. The summed E-state index contributed by atoms with van der Waals surface area (Å²) in [6.07, 6.45) is 0. The van der Waals surface area contributed by atoms with Gasteiger partial charge in [-0.1, -0.05) is 0 Å². The fourth-order valence-corrected chi connectivity index (χ4v) is 0.937. The van der Waals surface area contributed by atoms with Crippen LogP contribution in [0, 0.1) is 0 Å². The standard InChI is InChI=1S/C6H8O7S/c1-3(7)6(10,4(2)8)5(9)13-14(11)12/h10,14H,1-2H3. The fraction of sp³-hybridized carbons (Fsp3) is 0.500. The lowest BCUT2D eigenvalue weighted by atomic mass is 9.95. The molecule has 0 amide bonds. The second-order valence-electron chi connectivity index (χ2n) is 2.43. The van der Waals surface area contributed by atoms with Crippen LogP contribution in [-0.4, -0.2) is 36.7 Å². The average molecular weight is 224 g/mol. The van der Waals surface area contributed by atoms with Gasteiger partial charge in [-0.3, -0.25) is 9.59 Å². The molecule has 0 saturated heterocycles. The molecule has 0 fully saturated rings. The lowest BCUT2D eigenvalue weighted by molar-refractivity contribution is -0.166. The van der Waals surface area contributed by atoms with E-state index in [1.54, 1.807) is 0 Å². The lowest BCUT2D eigenvalue weighted by Gasteiger charge is -2.17. The van der Waals surface area contributed by atoms with Crippen LogP contribution < -0.4 is 0 Å². The maximum Gasteiger partial charge on any atom is 0.369 e. The summed E-state index contributed by atoms with van der Waals surface area (Å²) >= 11 is 0. The van der Waals surface area contributed by atoms with Crippen LogP contribution in [0.25, 0.3) is 0 Å². The lowest BCUT2D eigenvalue weighted by Crippen LogP contribution is -2.52. The predicted octanol–water partition coefficient (Wildman–Crippen LogP) is -2.03. The third kappa shape index (κ3) is 2.36. The van der Waals surface area contributed by atoms with Crippen LogP contribution >= 0.6 is 0 Å². The summed E-state index contributed by atoms with van der Waals surface area (Å²) in [7, 11) is -3.57. The molecule has 80 valence electrons. The van der Waals surface area contributed by atoms with Gasteiger partial charge in [-0.2, -0.15) is 8.42 Å². The number of ketones is 2. The van der Waals surface area contributed by atoms with Crippen LogP contribution in [0.1, 0.15) is 13.8 Å². The van der Waals surface area contributed by atoms with Gasteiger partial charge in [0.05, 0.1) is 0 Å². The van der Waals surface area contributed by atoms with Crippen molar-refractivity contribution in [3.63, 3.8) is 0 Å². The van der Waals surface area contributed by atoms with E-state index < -0.39 is 34.1 Å². The van der Waals surface area contributed by atoms with Crippen LogP contribution in [-0.2, 0) is 29.6 Å². The molecular formula is C6H8O7S. The number of thiol groups is 1. The molecule has 7 nitrogen and oxygen atoms in total. The molecule has 0 aliphatic heterocycles. The number of hydrogen-bond donors (Lipinski definition) is 2. The summed E-state index contributed by atoms with van der Waals surface area (Å²) in [6, 6.07) is 0. The monoisotopic (exact) mass is 224 g/mol. The molecule has 8 heteroatoms. The van der Waals surface area contributed by atoms with Crippen molar-refractivity contribution in [2.45, 2.75) is 19.4 Å². The third-order valence-electron chi connectivity index (χ3n) is 1.47. The highest BCUT2D eigenvalue weighted by molar-refractivity contribution is 7.67. The maximum atomic E-state index is 10.9. The Hall–Kier alpha value is -1.28. The van der Waals surface area contributed by atoms with Gasteiger partial charge < -0.3 is 9.29 Å². The Morgan fingerprint density at radius 2 is 1.50 bits per heavy atom. The first-order valence-electron chi connectivity index (χ1n) is 3.34. The van der Waals surface area contributed by atoms with E-state index in [1.165, 1.54) is 0 Å². The number of aliphatic hydroxyl groups is 1. The van der Waals surface area contributed by atoms with E-state index in [4.69, 9.17) is 0 Å². The largest absolute Gasteiger partial charge is 0.369 e. The van der Waals surface area contributed by atoms with Gasteiger partial charge in [0.15, 0.2) is 11.6 Å². The first-order chi connectivity index (χ1) is 6.22. The first kappa shape index (κ1) is 12.7. The van der Waals surface area contributed by atoms with Crippen molar-refractivity contribution < 1.29 is 32.1 Å². The summed E-state index contributed by atoms with van der Waals surface area (Å²) in [5, 5.41) is 9.24. The molecule has 0 heterocycles. The van der Waals surface area contributed by atoms with Crippen LogP contribution in [0.3, 0.4) is 0 Å². The summed E-state index contributed by atoms with van der Waals surface area (Å²) in [4.78, 5) is 32.4. The van der Waals surface area contributed by atoms with Crippen molar-refractivity contribution >= 4 is 28.5 Å². The molecule has 0 rings (SSSR count). The molecule has 0 aromatic heterocycles. The third-order valence-corrected chi connectivity index (χ3v) is 1.79. The van der Waals surface area contributed by atoms with Crippen molar-refractivity contribution in [1.82, 2.24) is 0 Å².